The Bertz CT molecular complexity index is 890. The first-order chi connectivity index (χ1) is 11.6. The van der Waals surface area contributed by atoms with Gasteiger partial charge in [0.25, 0.3) is 5.69 Å². The number of H-pyrrole nitrogens is 1. The largest absolute Gasteiger partial charge is 0.307 e. The van der Waals surface area contributed by atoms with Gasteiger partial charge in [0.2, 0.25) is 0 Å². The predicted molar refractivity (Wildman–Crippen MR) is 93.8 cm³/mol. The van der Waals surface area contributed by atoms with Crippen molar-refractivity contribution in [3.05, 3.63) is 54.5 Å². The molecule has 1 aromatic heterocycles. The molecule has 0 radical (unpaired) electrons. The summed E-state index contributed by atoms with van der Waals surface area (Å²) in [5.41, 5.74) is 1.12. The Labute approximate surface area is 146 Å². The van der Waals surface area contributed by atoms with Crippen LogP contribution in [0.4, 0.5) is 5.69 Å². The number of aromatic amines is 1. The van der Waals surface area contributed by atoms with Gasteiger partial charge in [-0.15, -0.1) is 11.8 Å². The fraction of sp³-hybridized carbons (Fsp3) is 0.471. The summed E-state index contributed by atoms with van der Waals surface area (Å²) in [4.78, 5) is 26.9. The van der Waals surface area contributed by atoms with E-state index in [9.17, 15) is 14.9 Å². The number of thiazole rings is 1. The van der Waals surface area contributed by atoms with Crippen molar-refractivity contribution in [3.8, 4) is 0 Å². The van der Waals surface area contributed by atoms with Gasteiger partial charge >= 0.3 is 4.87 Å². The fourth-order valence-electron chi connectivity index (χ4n) is 5.05. The number of rotatable bonds is 2. The van der Waals surface area contributed by atoms with E-state index in [0.29, 0.717) is 17.1 Å². The highest BCUT2D eigenvalue weighted by atomic mass is 32.2. The zero-order valence-corrected chi connectivity index (χ0v) is 14.4. The molecule has 1 aromatic carbocycles. The molecule has 0 saturated heterocycles. The number of thioether (sulfide) groups is 1. The number of benzene rings is 1. The van der Waals surface area contributed by atoms with Crippen molar-refractivity contribution in [1.82, 2.24) is 4.98 Å². The number of nitro groups is 1. The minimum Gasteiger partial charge on any atom is -0.307 e. The SMILES string of the molecule is O=c1[nH]c2c(s1)[C@H](c1cccc([N+](=O)[O-])c1)[C@H]1[C@H]3CC[C@H](C3)[C@@H]1S2. The summed E-state index contributed by atoms with van der Waals surface area (Å²) in [6.07, 6.45) is 3.81. The Morgan fingerprint density at radius 1 is 1.25 bits per heavy atom. The van der Waals surface area contributed by atoms with Crippen LogP contribution in [0.5, 0.6) is 0 Å². The minimum absolute atomic E-state index is 0.0183. The molecule has 5 atom stereocenters. The van der Waals surface area contributed by atoms with Gasteiger partial charge in [-0.2, -0.15) is 0 Å². The lowest BCUT2D eigenvalue weighted by Gasteiger charge is -2.40. The molecule has 2 aliphatic carbocycles. The van der Waals surface area contributed by atoms with Crippen molar-refractivity contribution < 1.29 is 4.92 Å². The molecule has 0 unspecified atom stereocenters. The summed E-state index contributed by atoms with van der Waals surface area (Å²) in [5, 5.41) is 12.7. The van der Waals surface area contributed by atoms with Crippen LogP contribution in [0, 0.1) is 27.9 Å². The second-order valence-corrected chi connectivity index (χ2v) is 9.23. The van der Waals surface area contributed by atoms with Crippen molar-refractivity contribution >= 4 is 28.8 Å². The molecule has 24 heavy (non-hydrogen) atoms. The van der Waals surface area contributed by atoms with Gasteiger partial charge in [-0.1, -0.05) is 23.5 Å². The van der Waals surface area contributed by atoms with Gasteiger partial charge in [0.15, 0.2) is 0 Å². The normalized spacial score (nSPS) is 33.2. The molecule has 2 bridgehead atoms. The van der Waals surface area contributed by atoms with Gasteiger partial charge in [0.05, 0.1) is 9.95 Å². The van der Waals surface area contributed by atoms with Crippen molar-refractivity contribution in [1.29, 1.82) is 0 Å². The van der Waals surface area contributed by atoms with Gasteiger partial charge in [0, 0.05) is 28.2 Å². The summed E-state index contributed by atoms with van der Waals surface area (Å²) in [6.45, 7) is 0. The van der Waals surface area contributed by atoms with E-state index < -0.39 is 0 Å². The molecule has 1 N–H and O–H groups in total. The minimum atomic E-state index is -0.333. The monoisotopic (exact) mass is 360 g/mol. The van der Waals surface area contributed by atoms with Gasteiger partial charge in [-0.05, 0) is 42.6 Å². The Morgan fingerprint density at radius 3 is 2.92 bits per heavy atom. The Morgan fingerprint density at radius 2 is 2.08 bits per heavy atom. The first kappa shape index (κ1) is 14.7. The summed E-state index contributed by atoms with van der Waals surface area (Å²) in [5.74, 6) is 2.02. The quantitative estimate of drug-likeness (QED) is 0.649. The molecule has 5 rings (SSSR count). The third kappa shape index (κ3) is 2.04. The summed E-state index contributed by atoms with van der Waals surface area (Å²) in [6, 6.07) is 7.01. The number of non-ortho nitro benzene ring substituents is 1. The molecule has 124 valence electrons. The topological polar surface area (TPSA) is 76.0 Å². The van der Waals surface area contributed by atoms with Crippen LogP contribution >= 0.6 is 23.1 Å². The van der Waals surface area contributed by atoms with E-state index in [1.807, 2.05) is 17.8 Å². The highest BCUT2D eigenvalue weighted by Gasteiger charge is 2.54. The standard InChI is InChI=1S/C17H16N2O3S2/c20-17-18-16-15(24-17)13(8-2-1-3-11(7-8)19(21)22)12-9-4-5-10(6-9)14(12)23-16/h1-3,7,9-10,12-14H,4-6H2,(H,18,20)/t9-,10+,12+,13+,14-/m0/s1. The molecular formula is C17H16N2O3S2. The molecule has 5 nitrogen and oxygen atoms in total. The van der Waals surface area contributed by atoms with Crippen LogP contribution < -0.4 is 4.87 Å². The van der Waals surface area contributed by atoms with E-state index in [0.717, 1.165) is 21.4 Å². The van der Waals surface area contributed by atoms with E-state index >= 15 is 0 Å². The lowest BCUT2D eigenvalue weighted by atomic mass is 9.75. The molecule has 1 aliphatic heterocycles. The highest BCUT2D eigenvalue weighted by Crippen LogP contribution is 2.63. The molecular weight excluding hydrogens is 344 g/mol. The van der Waals surface area contributed by atoms with Crippen LogP contribution in [0.2, 0.25) is 0 Å². The lowest BCUT2D eigenvalue weighted by Crippen LogP contribution is -2.33. The van der Waals surface area contributed by atoms with Crippen LogP contribution in [0.25, 0.3) is 0 Å². The lowest BCUT2D eigenvalue weighted by molar-refractivity contribution is -0.384. The molecule has 2 fully saturated rings. The zero-order valence-electron chi connectivity index (χ0n) is 12.8. The van der Waals surface area contributed by atoms with Crippen LogP contribution in [0.3, 0.4) is 0 Å². The van der Waals surface area contributed by atoms with Crippen LogP contribution in [0.1, 0.15) is 35.6 Å². The molecule has 2 aromatic rings. The van der Waals surface area contributed by atoms with Crippen molar-refractivity contribution in [2.45, 2.75) is 35.5 Å². The van der Waals surface area contributed by atoms with E-state index in [4.69, 9.17) is 0 Å². The van der Waals surface area contributed by atoms with E-state index in [2.05, 4.69) is 4.98 Å². The van der Waals surface area contributed by atoms with Gasteiger partial charge in [0.1, 0.15) is 0 Å². The summed E-state index contributed by atoms with van der Waals surface area (Å²) < 4.78 is 0. The number of nitrogens with one attached hydrogen (secondary N) is 1. The smallest absolute Gasteiger partial charge is 0.305 e. The van der Waals surface area contributed by atoms with Crippen LogP contribution in [0.15, 0.2) is 34.1 Å². The molecule has 3 aliphatic rings. The second kappa shape index (κ2) is 5.20. The summed E-state index contributed by atoms with van der Waals surface area (Å²) in [7, 11) is 0. The number of nitrogens with zero attached hydrogens (tertiary/aromatic N) is 1. The first-order valence-electron chi connectivity index (χ1n) is 8.26. The number of hydrogen-bond donors (Lipinski definition) is 1. The van der Waals surface area contributed by atoms with E-state index in [1.165, 1.54) is 30.6 Å². The van der Waals surface area contributed by atoms with Crippen LogP contribution in [-0.4, -0.2) is 15.2 Å². The number of hydrogen-bond acceptors (Lipinski definition) is 5. The van der Waals surface area contributed by atoms with Crippen molar-refractivity contribution in [3.63, 3.8) is 0 Å². The Hall–Kier alpha value is -1.60. The van der Waals surface area contributed by atoms with E-state index in [1.54, 1.807) is 18.2 Å². The highest BCUT2D eigenvalue weighted by molar-refractivity contribution is 8.00. The second-order valence-electron chi connectivity index (χ2n) is 7.03. The first-order valence-corrected chi connectivity index (χ1v) is 9.95. The van der Waals surface area contributed by atoms with E-state index in [-0.39, 0.29) is 21.4 Å². The number of aromatic nitrogens is 1. The third-order valence-electron chi connectivity index (χ3n) is 5.91. The molecule has 2 heterocycles. The van der Waals surface area contributed by atoms with Gasteiger partial charge in [-0.25, -0.2) is 0 Å². The Kier molecular flexibility index (Phi) is 3.19. The fourth-order valence-corrected chi connectivity index (χ4v) is 7.95. The maximum atomic E-state index is 11.9. The average Bonchev–Trinajstić information content (AvgIpc) is 3.26. The van der Waals surface area contributed by atoms with Crippen molar-refractivity contribution in [2.75, 3.05) is 0 Å². The molecule has 0 amide bonds. The number of fused-ring (bicyclic) bond motifs is 6. The molecule has 0 spiro atoms. The zero-order chi connectivity index (χ0) is 16.4. The molecule has 2 saturated carbocycles. The predicted octanol–water partition coefficient (Wildman–Crippen LogP) is 4.00. The Balaban J connectivity index is 1.68. The van der Waals surface area contributed by atoms with Gasteiger partial charge < -0.3 is 4.98 Å². The summed E-state index contributed by atoms with van der Waals surface area (Å²) >= 11 is 3.12. The van der Waals surface area contributed by atoms with Crippen LogP contribution in [-0.2, 0) is 0 Å². The van der Waals surface area contributed by atoms with Crippen molar-refractivity contribution in [2.24, 2.45) is 17.8 Å². The average molecular weight is 360 g/mol. The number of nitro benzene ring substituents is 1. The maximum Gasteiger partial charge on any atom is 0.305 e. The third-order valence-corrected chi connectivity index (χ3v) is 8.53. The molecule has 7 heteroatoms. The maximum absolute atomic E-state index is 11.9. The van der Waals surface area contributed by atoms with Gasteiger partial charge in [-0.3, -0.25) is 14.9 Å².